The summed E-state index contributed by atoms with van der Waals surface area (Å²) in [6.07, 6.45) is 0. The molecular formula is C22H19N5O2. The number of rotatable bonds is 4. The predicted molar refractivity (Wildman–Crippen MR) is 111 cm³/mol. The van der Waals surface area contributed by atoms with E-state index in [0.29, 0.717) is 18.9 Å². The van der Waals surface area contributed by atoms with Crippen LogP contribution in [-0.4, -0.2) is 33.9 Å². The fourth-order valence-corrected chi connectivity index (χ4v) is 3.57. The van der Waals surface area contributed by atoms with Crippen LogP contribution < -0.4 is 11.5 Å². The summed E-state index contributed by atoms with van der Waals surface area (Å²) >= 11 is 0. The maximum atomic E-state index is 12.1. The summed E-state index contributed by atoms with van der Waals surface area (Å²) in [6.45, 7) is 1.03. The SMILES string of the molecule is NC(=O)c1c(-c2ccc3ccc(-c4ccccc4)nc3c2)nn(C2COC2)c1N. The fraction of sp³-hybridized carbons (Fsp3) is 0.136. The number of carbonyl (C=O) groups excluding carboxylic acids is 1. The van der Waals surface area contributed by atoms with E-state index in [1.807, 2.05) is 60.7 Å². The van der Waals surface area contributed by atoms with Crippen molar-refractivity contribution in [2.45, 2.75) is 6.04 Å². The Kier molecular flexibility index (Phi) is 4.03. The largest absolute Gasteiger partial charge is 0.383 e. The monoisotopic (exact) mass is 385 g/mol. The minimum atomic E-state index is -0.602. The van der Waals surface area contributed by atoms with Gasteiger partial charge in [-0.25, -0.2) is 9.67 Å². The van der Waals surface area contributed by atoms with Crippen molar-refractivity contribution in [2.24, 2.45) is 5.73 Å². The maximum absolute atomic E-state index is 12.1. The van der Waals surface area contributed by atoms with Gasteiger partial charge in [-0.3, -0.25) is 4.79 Å². The van der Waals surface area contributed by atoms with Gasteiger partial charge in [0.05, 0.1) is 24.4 Å². The van der Waals surface area contributed by atoms with Gasteiger partial charge in [0.2, 0.25) is 0 Å². The third-order valence-electron chi connectivity index (χ3n) is 5.20. The van der Waals surface area contributed by atoms with Crippen molar-refractivity contribution >= 4 is 22.6 Å². The van der Waals surface area contributed by atoms with Crippen molar-refractivity contribution in [3.05, 3.63) is 66.2 Å². The molecule has 1 saturated heterocycles. The number of aromatic nitrogens is 3. The molecule has 1 fully saturated rings. The number of hydrogen-bond donors (Lipinski definition) is 2. The van der Waals surface area contributed by atoms with E-state index in [0.717, 1.165) is 27.7 Å². The molecule has 7 nitrogen and oxygen atoms in total. The van der Waals surface area contributed by atoms with E-state index in [2.05, 4.69) is 5.10 Å². The molecule has 0 bridgehead atoms. The second kappa shape index (κ2) is 6.72. The number of nitrogens with two attached hydrogens (primary N) is 2. The molecule has 1 aliphatic heterocycles. The Balaban J connectivity index is 1.64. The molecule has 2 aromatic heterocycles. The van der Waals surface area contributed by atoms with E-state index < -0.39 is 5.91 Å². The summed E-state index contributed by atoms with van der Waals surface area (Å²) in [5.74, 6) is -0.332. The fourth-order valence-electron chi connectivity index (χ4n) is 3.57. The third-order valence-corrected chi connectivity index (χ3v) is 5.20. The van der Waals surface area contributed by atoms with Gasteiger partial charge in [0.15, 0.2) is 0 Å². The van der Waals surface area contributed by atoms with Gasteiger partial charge in [-0.15, -0.1) is 0 Å². The standard InChI is InChI=1S/C22H19N5O2/c23-21-19(22(24)28)20(26-27(21)16-11-29-12-16)15-7-6-14-8-9-17(25-18(14)10-15)13-4-2-1-3-5-13/h1-10,16H,11-12,23H2,(H2,24,28). The van der Waals surface area contributed by atoms with Gasteiger partial charge in [0.1, 0.15) is 23.1 Å². The van der Waals surface area contributed by atoms with Crippen LogP contribution in [0.2, 0.25) is 0 Å². The van der Waals surface area contributed by atoms with Crippen molar-refractivity contribution in [3.63, 3.8) is 0 Å². The lowest BCUT2D eigenvalue weighted by Crippen LogP contribution is -2.32. The zero-order valence-corrected chi connectivity index (χ0v) is 15.6. The predicted octanol–water partition coefficient (Wildman–Crippen LogP) is 3.02. The molecule has 0 unspecified atom stereocenters. The number of benzene rings is 2. The number of amides is 1. The molecule has 5 rings (SSSR count). The Morgan fingerprint density at radius 2 is 1.79 bits per heavy atom. The van der Waals surface area contributed by atoms with E-state index in [1.54, 1.807) is 4.68 Å². The molecule has 2 aromatic carbocycles. The second-order valence-electron chi connectivity index (χ2n) is 7.08. The Hall–Kier alpha value is -3.71. The van der Waals surface area contributed by atoms with Gasteiger partial charge in [-0.05, 0) is 12.1 Å². The molecule has 4 aromatic rings. The molecule has 0 radical (unpaired) electrons. The normalized spacial score (nSPS) is 14.1. The van der Waals surface area contributed by atoms with Crippen molar-refractivity contribution in [2.75, 3.05) is 18.9 Å². The highest BCUT2D eigenvalue weighted by Gasteiger charge is 2.29. The lowest BCUT2D eigenvalue weighted by molar-refractivity contribution is -0.0275. The quantitative estimate of drug-likeness (QED) is 0.561. The molecule has 1 aliphatic rings. The average Bonchev–Trinajstić information content (AvgIpc) is 3.03. The minimum absolute atomic E-state index is 0.0186. The first-order chi connectivity index (χ1) is 14.1. The minimum Gasteiger partial charge on any atom is -0.383 e. The average molecular weight is 385 g/mol. The molecule has 0 atom stereocenters. The van der Waals surface area contributed by atoms with Gasteiger partial charge in [-0.2, -0.15) is 5.10 Å². The van der Waals surface area contributed by atoms with Crippen LogP contribution in [0.3, 0.4) is 0 Å². The first-order valence-electron chi connectivity index (χ1n) is 9.34. The second-order valence-corrected chi connectivity index (χ2v) is 7.08. The lowest BCUT2D eigenvalue weighted by Gasteiger charge is -2.26. The Morgan fingerprint density at radius 1 is 1.03 bits per heavy atom. The summed E-state index contributed by atoms with van der Waals surface area (Å²) in [4.78, 5) is 16.9. The number of primary amides is 1. The molecule has 1 amide bonds. The number of hydrogen-bond acceptors (Lipinski definition) is 5. The van der Waals surface area contributed by atoms with E-state index in [4.69, 9.17) is 21.2 Å². The molecule has 7 heteroatoms. The van der Waals surface area contributed by atoms with Crippen molar-refractivity contribution in [1.82, 2.24) is 14.8 Å². The number of pyridine rings is 1. The number of ether oxygens (including phenoxy) is 1. The Labute approximate surface area is 166 Å². The highest BCUT2D eigenvalue weighted by molar-refractivity contribution is 6.04. The Bertz CT molecular complexity index is 1230. The van der Waals surface area contributed by atoms with Crippen LogP contribution in [0.15, 0.2) is 60.7 Å². The molecule has 0 aliphatic carbocycles. The van der Waals surface area contributed by atoms with Gasteiger partial charge in [0.25, 0.3) is 5.91 Å². The number of fused-ring (bicyclic) bond motifs is 1. The van der Waals surface area contributed by atoms with Gasteiger partial charge < -0.3 is 16.2 Å². The molecular weight excluding hydrogens is 366 g/mol. The van der Waals surface area contributed by atoms with E-state index in [1.165, 1.54) is 0 Å². The molecule has 0 spiro atoms. The van der Waals surface area contributed by atoms with Crippen LogP contribution in [0.1, 0.15) is 16.4 Å². The van der Waals surface area contributed by atoms with E-state index in [9.17, 15) is 4.79 Å². The summed E-state index contributed by atoms with van der Waals surface area (Å²) in [6, 6.07) is 19.8. The zero-order chi connectivity index (χ0) is 20.0. The number of nitrogen functional groups attached to an aromatic ring is 1. The number of carbonyl (C=O) groups is 1. The molecule has 144 valence electrons. The summed E-state index contributed by atoms with van der Waals surface area (Å²) < 4.78 is 6.87. The molecule has 4 N–H and O–H groups in total. The summed E-state index contributed by atoms with van der Waals surface area (Å²) in [7, 11) is 0. The van der Waals surface area contributed by atoms with Crippen molar-refractivity contribution in [1.29, 1.82) is 0 Å². The van der Waals surface area contributed by atoms with Crippen LogP contribution in [0, 0.1) is 0 Å². The van der Waals surface area contributed by atoms with Crippen molar-refractivity contribution in [3.8, 4) is 22.5 Å². The highest BCUT2D eigenvalue weighted by atomic mass is 16.5. The molecule has 3 heterocycles. The number of nitrogens with zero attached hydrogens (tertiary/aromatic N) is 3. The molecule has 29 heavy (non-hydrogen) atoms. The maximum Gasteiger partial charge on any atom is 0.254 e. The van der Waals surface area contributed by atoms with Crippen LogP contribution >= 0.6 is 0 Å². The first kappa shape index (κ1) is 17.4. The number of anilines is 1. The molecule has 0 saturated carbocycles. The zero-order valence-electron chi connectivity index (χ0n) is 15.6. The van der Waals surface area contributed by atoms with E-state index >= 15 is 0 Å². The van der Waals surface area contributed by atoms with Gasteiger partial charge in [0, 0.05) is 16.5 Å². The van der Waals surface area contributed by atoms with Crippen LogP contribution in [0.4, 0.5) is 5.82 Å². The lowest BCUT2D eigenvalue weighted by atomic mass is 10.0. The van der Waals surface area contributed by atoms with Crippen molar-refractivity contribution < 1.29 is 9.53 Å². The summed E-state index contributed by atoms with van der Waals surface area (Å²) in [5, 5.41) is 5.59. The highest BCUT2D eigenvalue weighted by Crippen LogP contribution is 2.32. The van der Waals surface area contributed by atoms with Crippen LogP contribution in [0.5, 0.6) is 0 Å². The Morgan fingerprint density at radius 3 is 2.48 bits per heavy atom. The van der Waals surface area contributed by atoms with Crippen LogP contribution in [-0.2, 0) is 4.74 Å². The topological polar surface area (TPSA) is 109 Å². The summed E-state index contributed by atoms with van der Waals surface area (Å²) in [5.41, 5.74) is 16.0. The van der Waals surface area contributed by atoms with Gasteiger partial charge in [-0.1, -0.05) is 48.5 Å². The van der Waals surface area contributed by atoms with Crippen LogP contribution in [0.25, 0.3) is 33.4 Å². The van der Waals surface area contributed by atoms with Gasteiger partial charge >= 0.3 is 0 Å². The smallest absolute Gasteiger partial charge is 0.254 e. The van der Waals surface area contributed by atoms with E-state index in [-0.39, 0.29) is 17.4 Å². The first-order valence-corrected chi connectivity index (χ1v) is 9.34. The third kappa shape index (κ3) is 2.92.